The third-order valence-electron chi connectivity index (χ3n) is 4.89. The van der Waals surface area contributed by atoms with Gasteiger partial charge in [-0.05, 0) is 30.9 Å². The van der Waals surface area contributed by atoms with Crippen molar-refractivity contribution in [2.75, 3.05) is 11.9 Å². The van der Waals surface area contributed by atoms with Gasteiger partial charge in [-0.15, -0.1) is 0 Å². The molecule has 2 aliphatic rings. The molecule has 27 heavy (non-hydrogen) atoms. The second-order valence-corrected chi connectivity index (χ2v) is 6.71. The van der Waals surface area contributed by atoms with Gasteiger partial charge in [0.2, 0.25) is 5.95 Å². The molecule has 1 fully saturated rings. The van der Waals surface area contributed by atoms with E-state index < -0.39 is 0 Å². The van der Waals surface area contributed by atoms with Crippen molar-refractivity contribution >= 4 is 23.2 Å². The van der Waals surface area contributed by atoms with Crippen molar-refractivity contribution in [3.05, 3.63) is 36.4 Å². The highest BCUT2D eigenvalue weighted by atomic mass is 16.2. The average Bonchev–Trinajstić information content (AvgIpc) is 3.19. The highest BCUT2D eigenvalue weighted by Crippen LogP contribution is 2.38. The van der Waals surface area contributed by atoms with Crippen LogP contribution in [0.15, 0.2) is 30.7 Å². The Morgan fingerprint density at radius 1 is 1.44 bits per heavy atom. The molecule has 2 bridgehead atoms. The Bertz CT molecular complexity index is 927. The lowest BCUT2D eigenvalue weighted by Crippen LogP contribution is -2.48. The lowest BCUT2D eigenvalue weighted by Gasteiger charge is -2.33. The second-order valence-electron chi connectivity index (χ2n) is 6.71. The molecule has 0 spiro atoms. The third-order valence-corrected chi connectivity index (χ3v) is 4.89. The Kier molecular flexibility index (Phi) is 4.46. The molecule has 4 heterocycles. The van der Waals surface area contributed by atoms with Crippen LogP contribution in [-0.4, -0.2) is 49.3 Å². The maximum atomic E-state index is 12.3. The lowest BCUT2D eigenvalue weighted by atomic mass is 9.98. The zero-order chi connectivity index (χ0) is 18.8. The van der Waals surface area contributed by atoms with Crippen molar-refractivity contribution in [1.29, 1.82) is 5.26 Å². The molecule has 2 aromatic heterocycles. The van der Waals surface area contributed by atoms with E-state index in [2.05, 4.69) is 31.8 Å². The van der Waals surface area contributed by atoms with Gasteiger partial charge < -0.3 is 15.5 Å². The molecular weight excluding hydrogens is 344 g/mol. The van der Waals surface area contributed by atoms with Gasteiger partial charge in [-0.25, -0.2) is 14.8 Å². The normalized spacial score (nSPS) is 20.7. The van der Waals surface area contributed by atoms with Crippen LogP contribution in [0.4, 0.5) is 16.4 Å². The first kappa shape index (κ1) is 17.0. The second kappa shape index (κ2) is 7.07. The third kappa shape index (κ3) is 3.46. The summed E-state index contributed by atoms with van der Waals surface area (Å²) < 4.78 is 1.71. The minimum Gasteiger partial charge on any atom is -0.325 e. The van der Waals surface area contributed by atoms with Crippen LogP contribution in [0.2, 0.25) is 0 Å². The van der Waals surface area contributed by atoms with Crippen molar-refractivity contribution < 1.29 is 4.79 Å². The Morgan fingerprint density at radius 2 is 2.33 bits per heavy atom. The Morgan fingerprint density at radius 3 is 3.07 bits per heavy atom. The van der Waals surface area contributed by atoms with Gasteiger partial charge in [-0.2, -0.15) is 10.4 Å². The van der Waals surface area contributed by atoms with Crippen LogP contribution in [0.25, 0.3) is 5.57 Å². The van der Waals surface area contributed by atoms with E-state index in [1.165, 1.54) is 0 Å². The number of amides is 2. The molecule has 2 atom stereocenters. The summed E-state index contributed by atoms with van der Waals surface area (Å²) in [7, 11) is 1.85. The molecule has 2 aromatic rings. The molecule has 9 heteroatoms. The number of carbonyl (C=O) groups is 1. The number of anilines is 2. The molecule has 0 saturated carbocycles. The van der Waals surface area contributed by atoms with Gasteiger partial charge in [-0.1, -0.05) is 6.08 Å². The van der Waals surface area contributed by atoms with Crippen LogP contribution in [0.5, 0.6) is 0 Å². The molecule has 9 nitrogen and oxygen atoms in total. The number of hydrogen-bond donors (Lipinski definition) is 2. The van der Waals surface area contributed by atoms with E-state index in [0.717, 1.165) is 36.2 Å². The summed E-state index contributed by atoms with van der Waals surface area (Å²) >= 11 is 0. The van der Waals surface area contributed by atoms with Gasteiger partial charge in [0.1, 0.15) is 6.54 Å². The standard InChI is InChI=1S/C18H20N8O/c1-25-11-13(10-22-25)23-17-20-6-4-16(24-17)12-8-14-2-3-15(9-12)26(14)18(27)21-7-5-19/h4,6,8,10-11,14-15H,2-3,7,9H2,1H3,(H,21,27)(H,20,23,24). The molecule has 1 saturated heterocycles. The van der Waals surface area contributed by atoms with Gasteiger partial charge >= 0.3 is 6.03 Å². The number of fused-ring (bicyclic) bond motifs is 2. The zero-order valence-electron chi connectivity index (χ0n) is 15.0. The van der Waals surface area contributed by atoms with Gasteiger partial charge in [0.05, 0.1) is 29.7 Å². The van der Waals surface area contributed by atoms with Crippen LogP contribution in [0.3, 0.4) is 0 Å². The number of nitrogens with zero attached hydrogens (tertiary/aromatic N) is 6. The number of urea groups is 1. The van der Waals surface area contributed by atoms with Gasteiger partial charge in [0, 0.05) is 25.5 Å². The fourth-order valence-corrected chi connectivity index (χ4v) is 3.76. The molecular formula is C18H20N8O. The van der Waals surface area contributed by atoms with Gasteiger partial charge in [0.25, 0.3) is 0 Å². The molecule has 2 amide bonds. The summed E-state index contributed by atoms with van der Waals surface area (Å²) in [4.78, 5) is 23.1. The summed E-state index contributed by atoms with van der Waals surface area (Å²) in [5.74, 6) is 0.517. The van der Waals surface area contributed by atoms with E-state index in [1.807, 2.05) is 30.3 Å². The fraction of sp³-hybridized carbons (Fsp3) is 0.389. The van der Waals surface area contributed by atoms with E-state index in [4.69, 9.17) is 5.26 Å². The van der Waals surface area contributed by atoms with Crippen LogP contribution >= 0.6 is 0 Å². The molecule has 2 unspecified atom stereocenters. The van der Waals surface area contributed by atoms with Crippen molar-refractivity contribution in [2.45, 2.75) is 31.3 Å². The summed E-state index contributed by atoms with van der Waals surface area (Å²) in [6, 6.07) is 3.86. The highest BCUT2D eigenvalue weighted by Gasteiger charge is 2.39. The number of nitrogens with one attached hydrogen (secondary N) is 2. The minimum atomic E-state index is -0.166. The number of nitriles is 1. The summed E-state index contributed by atoms with van der Waals surface area (Å²) in [5.41, 5.74) is 2.82. The highest BCUT2D eigenvalue weighted by molar-refractivity contribution is 5.78. The average molecular weight is 364 g/mol. The summed E-state index contributed by atoms with van der Waals surface area (Å²) in [6.45, 7) is 0.0284. The van der Waals surface area contributed by atoms with E-state index in [9.17, 15) is 4.79 Å². The monoisotopic (exact) mass is 364 g/mol. The first-order valence-corrected chi connectivity index (χ1v) is 8.87. The summed E-state index contributed by atoms with van der Waals surface area (Å²) in [6.07, 6.45) is 10.1. The van der Waals surface area contributed by atoms with E-state index in [-0.39, 0.29) is 24.7 Å². The number of hydrogen-bond acceptors (Lipinski definition) is 6. The molecule has 2 N–H and O–H groups in total. The van der Waals surface area contributed by atoms with Crippen molar-refractivity contribution in [2.24, 2.45) is 7.05 Å². The zero-order valence-corrected chi connectivity index (χ0v) is 15.0. The van der Waals surface area contributed by atoms with Crippen molar-refractivity contribution in [3.63, 3.8) is 0 Å². The van der Waals surface area contributed by atoms with Crippen LogP contribution in [0.1, 0.15) is 25.0 Å². The number of carbonyl (C=O) groups excluding carboxylic acids is 1. The first-order chi connectivity index (χ1) is 13.1. The Labute approximate surface area is 156 Å². The van der Waals surface area contributed by atoms with Crippen molar-refractivity contribution in [1.82, 2.24) is 30.0 Å². The smallest absolute Gasteiger partial charge is 0.318 e. The van der Waals surface area contributed by atoms with E-state index in [1.54, 1.807) is 17.1 Å². The number of aryl methyl sites for hydroxylation is 1. The van der Waals surface area contributed by atoms with Gasteiger partial charge in [0.15, 0.2) is 0 Å². The van der Waals surface area contributed by atoms with Crippen LogP contribution < -0.4 is 10.6 Å². The molecule has 0 aromatic carbocycles. The van der Waals surface area contributed by atoms with Crippen molar-refractivity contribution in [3.8, 4) is 6.07 Å². The predicted octanol–water partition coefficient (Wildman–Crippen LogP) is 1.81. The van der Waals surface area contributed by atoms with E-state index in [0.29, 0.717) is 5.95 Å². The summed E-state index contributed by atoms with van der Waals surface area (Å²) in [5, 5.41) is 18.6. The maximum absolute atomic E-state index is 12.3. The maximum Gasteiger partial charge on any atom is 0.318 e. The largest absolute Gasteiger partial charge is 0.325 e. The number of aromatic nitrogens is 4. The first-order valence-electron chi connectivity index (χ1n) is 8.87. The Balaban J connectivity index is 1.52. The quantitative estimate of drug-likeness (QED) is 0.800. The topological polar surface area (TPSA) is 112 Å². The molecule has 138 valence electrons. The van der Waals surface area contributed by atoms with E-state index >= 15 is 0 Å². The van der Waals surface area contributed by atoms with Crippen LogP contribution in [-0.2, 0) is 7.05 Å². The minimum absolute atomic E-state index is 0.0284. The van der Waals surface area contributed by atoms with Crippen LogP contribution in [0, 0.1) is 11.3 Å². The SMILES string of the molecule is Cn1cc(Nc2nccc(C3=CC4CCC(C3)N4C(=O)NCC#N)n2)cn1. The molecule has 0 radical (unpaired) electrons. The lowest BCUT2D eigenvalue weighted by molar-refractivity contribution is 0.181. The molecule has 0 aliphatic carbocycles. The molecule has 4 rings (SSSR count). The number of rotatable bonds is 4. The predicted molar refractivity (Wildman–Crippen MR) is 98.8 cm³/mol. The fourth-order valence-electron chi connectivity index (χ4n) is 3.76. The Hall–Kier alpha value is -3.41. The van der Waals surface area contributed by atoms with Gasteiger partial charge in [-0.3, -0.25) is 4.68 Å². The molecule has 2 aliphatic heterocycles.